The highest BCUT2D eigenvalue weighted by atomic mass is 28.4. The van der Waals surface area contributed by atoms with Gasteiger partial charge in [-0.05, 0) is 54.7 Å². The van der Waals surface area contributed by atoms with E-state index in [4.69, 9.17) is 18.6 Å². The van der Waals surface area contributed by atoms with Gasteiger partial charge < -0.3 is 23.7 Å². The van der Waals surface area contributed by atoms with Crippen LogP contribution in [0.2, 0.25) is 18.1 Å². The number of ether oxygens (including phenoxy) is 3. The number of methoxy groups -OCH3 is 2. The monoisotopic (exact) mass is 460 g/mol. The fraction of sp³-hybridized carbons (Fsp3) is 0.538. The van der Waals surface area contributed by atoms with Crippen LogP contribution in [-0.2, 0) is 15.6 Å². The van der Waals surface area contributed by atoms with Gasteiger partial charge >= 0.3 is 0 Å². The maximum atomic E-state index is 10.3. The van der Waals surface area contributed by atoms with E-state index < -0.39 is 20.5 Å². The zero-order chi connectivity index (χ0) is 23.9. The fourth-order valence-electron chi connectivity index (χ4n) is 3.33. The third-order valence-corrected chi connectivity index (χ3v) is 10.9. The van der Waals surface area contributed by atoms with Crippen LogP contribution in [0, 0.1) is 6.92 Å². The largest absolute Gasteiger partial charge is 0.496 e. The zero-order valence-electron chi connectivity index (χ0n) is 20.9. The van der Waals surface area contributed by atoms with Crippen LogP contribution in [0.4, 0.5) is 0 Å². The topological polar surface area (TPSA) is 57.2 Å². The van der Waals surface area contributed by atoms with Crippen molar-refractivity contribution in [2.24, 2.45) is 0 Å². The number of aliphatic hydroxyl groups excluding tert-OH is 1. The van der Waals surface area contributed by atoms with Crippen molar-refractivity contribution in [2.45, 2.75) is 64.5 Å². The lowest BCUT2D eigenvalue weighted by Crippen LogP contribution is -2.45. The minimum Gasteiger partial charge on any atom is -0.496 e. The van der Waals surface area contributed by atoms with Gasteiger partial charge in [0.1, 0.15) is 17.6 Å². The third-order valence-electron chi connectivity index (χ3n) is 6.41. The fourth-order valence-corrected chi connectivity index (χ4v) is 4.61. The normalized spacial score (nSPS) is 14.2. The van der Waals surface area contributed by atoms with Crippen LogP contribution in [0.3, 0.4) is 0 Å². The van der Waals surface area contributed by atoms with E-state index in [9.17, 15) is 5.11 Å². The molecule has 0 aromatic heterocycles. The highest BCUT2D eigenvalue weighted by Crippen LogP contribution is 2.42. The number of hydrogen-bond acceptors (Lipinski definition) is 5. The van der Waals surface area contributed by atoms with E-state index in [0.29, 0.717) is 6.61 Å². The molecule has 2 atom stereocenters. The number of benzene rings is 2. The average Bonchev–Trinajstić information content (AvgIpc) is 2.75. The molecule has 1 N–H and O–H groups in total. The molecule has 0 unspecified atom stereocenters. The van der Waals surface area contributed by atoms with Crippen molar-refractivity contribution >= 4 is 8.32 Å². The van der Waals surface area contributed by atoms with E-state index >= 15 is 0 Å². The van der Waals surface area contributed by atoms with Gasteiger partial charge in [-0.25, -0.2) is 0 Å². The SMILES string of the molecule is COc1cc([C@@H](O[Si](C)(C)C(C)(C)C)[C@H](CO)OCCc2ccccc2)cc(OC)c1C. The Morgan fingerprint density at radius 2 is 1.53 bits per heavy atom. The van der Waals surface area contributed by atoms with Crippen molar-refractivity contribution in [3.05, 3.63) is 59.2 Å². The minimum absolute atomic E-state index is 0.00810. The Kier molecular flexibility index (Phi) is 9.34. The minimum atomic E-state index is -2.17. The number of rotatable bonds is 11. The van der Waals surface area contributed by atoms with E-state index in [1.807, 2.05) is 37.3 Å². The lowest BCUT2D eigenvalue weighted by Gasteiger charge is -2.41. The first-order valence-corrected chi connectivity index (χ1v) is 14.1. The summed E-state index contributed by atoms with van der Waals surface area (Å²) in [6.07, 6.45) is -0.185. The van der Waals surface area contributed by atoms with Crippen LogP contribution in [0.25, 0.3) is 0 Å². The van der Waals surface area contributed by atoms with Gasteiger partial charge in [-0.2, -0.15) is 0 Å². The smallest absolute Gasteiger partial charge is 0.193 e. The van der Waals surface area contributed by atoms with Crippen molar-refractivity contribution in [2.75, 3.05) is 27.4 Å². The molecule has 6 heteroatoms. The number of hydrogen-bond donors (Lipinski definition) is 1. The zero-order valence-corrected chi connectivity index (χ0v) is 21.9. The van der Waals surface area contributed by atoms with E-state index in [1.165, 1.54) is 5.56 Å². The molecule has 0 aliphatic rings. The van der Waals surface area contributed by atoms with Gasteiger partial charge in [-0.1, -0.05) is 51.1 Å². The van der Waals surface area contributed by atoms with Gasteiger partial charge in [0.05, 0.1) is 33.5 Å². The third kappa shape index (κ3) is 6.58. The van der Waals surface area contributed by atoms with Gasteiger partial charge in [0.2, 0.25) is 0 Å². The quantitative estimate of drug-likeness (QED) is 0.436. The molecule has 0 heterocycles. The molecule has 0 saturated carbocycles. The Balaban J connectivity index is 2.38. The summed E-state index contributed by atoms with van der Waals surface area (Å²) in [5, 5.41) is 10.3. The summed E-state index contributed by atoms with van der Waals surface area (Å²) in [5.74, 6) is 1.45. The van der Waals surface area contributed by atoms with Crippen LogP contribution in [0.15, 0.2) is 42.5 Å². The molecule has 2 aromatic carbocycles. The first kappa shape index (κ1) is 26.4. The van der Waals surface area contributed by atoms with Gasteiger partial charge in [-0.15, -0.1) is 0 Å². The lowest BCUT2D eigenvalue weighted by atomic mass is 10.0. The highest BCUT2D eigenvalue weighted by Gasteiger charge is 2.41. The van der Waals surface area contributed by atoms with Crippen molar-refractivity contribution in [1.29, 1.82) is 0 Å². The molecule has 178 valence electrons. The number of aliphatic hydroxyl groups is 1. The Hall–Kier alpha value is -1.86. The Labute approximate surface area is 194 Å². The maximum absolute atomic E-state index is 10.3. The Morgan fingerprint density at radius 1 is 0.969 bits per heavy atom. The predicted octanol–water partition coefficient (Wildman–Crippen LogP) is 5.70. The van der Waals surface area contributed by atoms with Crippen LogP contribution in [-0.4, -0.2) is 47.0 Å². The van der Waals surface area contributed by atoms with Crippen molar-refractivity contribution in [3.63, 3.8) is 0 Å². The molecule has 5 nitrogen and oxygen atoms in total. The summed E-state index contributed by atoms with van der Waals surface area (Å²) in [4.78, 5) is 0. The second kappa shape index (κ2) is 11.3. The van der Waals surface area contributed by atoms with Crippen LogP contribution >= 0.6 is 0 Å². The van der Waals surface area contributed by atoms with Crippen LogP contribution in [0.5, 0.6) is 11.5 Å². The lowest BCUT2D eigenvalue weighted by molar-refractivity contribution is -0.0585. The van der Waals surface area contributed by atoms with Crippen molar-refractivity contribution in [3.8, 4) is 11.5 Å². The molecule has 32 heavy (non-hydrogen) atoms. The van der Waals surface area contributed by atoms with Crippen LogP contribution in [0.1, 0.15) is 43.6 Å². The average molecular weight is 461 g/mol. The second-order valence-electron chi connectivity index (χ2n) is 9.68. The molecule has 0 radical (unpaired) electrons. The molecule has 0 aliphatic heterocycles. The van der Waals surface area contributed by atoms with E-state index in [1.54, 1.807) is 14.2 Å². The molecule has 0 fully saturated rings. The molecular weight excluding hydrogens is 420 g/mol. The Bertz CT molecular complexity index is 820. The van der Waals surface area contributed by atoms with Gasteiger partial charge in [0.15, 0.2) is 8.32 Å². The van der Waals surface area contributed by atoms with Gasteiger partial charge in [-0.3, -0.25) is 0 Å². The molecule has 0 aliphatic carbocycles. The summed E-state index contributed by atoms with van der Waals surface area (Å²) < 4.78 is 24.2. The molecule has 0 spiro atoms. The maximum Gasteiger partial charge on any atom is 0.193 e. The van der Waals surface area contributed by atoms with E-state index in [-0.39, 0.29) is 11.6 Å². The molecular formula is C26H40O5Si. The standard InChI is InChI=1S/C26H40O5Si/c1-19-22(28-5)16-21(17-23(19)29-6)25(31-32(7,8)26(2,3)4)24(18-27)30-15-14-20-12-10-9-11-13-20/h9-13,16-17,24-25,27H,14-15,18H2,1-8H3/t24-,25+/m0/s1. The molecule has 0 bridgehead atoms. The first-order chi connectivity index (χ1) is 15.0. The van der Waals surface area contributed by atoms with Gasteiger partial charge in [0, 0.05) is 5.56 Å². The van der Waals surface area contributed by atoms with Gasteiger partial charge in [0.25, 0.3) is 0 Å². The molecule has 0 amide bonds. The Morgan fingerprint density at radius 3 is 2.00 bits per heavy atom. The van der Waals surface area contributed by atoms with E-state index in [2.05, 4.69) is 46.0 Å². The predicted molar refractivity (Wildman–Crippen MR) is 132 cm³/mol. The molecule has 2 aromatic rings. The summed E-state index contributed by atoms with van der Waals surface area (Å²) >= 11 is 0. The molecule has 2 rings (SSSR count). The van der Waals surface area contributed by atoms with Crippen LogP contribution < -0.4 is 9.47 Å². The first-order valence-electron chi connectivity index (χ1n) is 11.2. The highest BCUT2D eigenvalue weighted by molar-refractivity contribution is 6.74. The summed E-state index contributed by atoms with van der Waals surface area (Å²) in [7, 11) is 1.12. The summed E-state index contributed by atoms with van der Waals surface area (Å²) in [6, 6.07) is 14.1. The molecule has 0 saturated heterocycles. The van der Waals surface area contributed by atoms with Crippen molar-refractivity contribution in [1.82, 2.24) is 0 Å². The van der Waals surface area contributed by atoms with E-state index in [0.717, 1.165) is 29.0 Å². The van der Waals surface area contributed by atoms with Crippen molar-refractivity contribution < 1.29 is 23.7 Å². The summed E-state index contributed by atoms with van der Waals surface area (Å²) in [5.41, 5.74) is 3.01. The summed E-state index contributed by atoms with van der Waals surface area (Å²) in [6.45, 7) is 13.3. The second-order valence-corrected chi connectivity index (χ2v) is 14.4.